The van der Waals surface area contributed by atoms with E-state index < -0.39 is 5.82 Å². The maximum Gasteiger partial charge on any atom is 0.309 e. The molecule has 3 nitrogen and oxygen atoms in total. The summed E-state index contributed by atoms with van der Waals surface area (Å²) in [6.07, 6.45) is 5.14. The molecule has 0 saturated carbocycles. The van der Waals surface area contributed by atoms with Crippen LogP contribution in [0.1, 0.15) is 0 Å². The second-order valence-corrected chi connectivity index (χ2v) is 3.99. The van der Waals surface area contributed by atoms with E-state index in [0.29, 0.717) is 10.2 Å². The van der Waals surface area contributed by atoms with Gasteiger partial charge >= 0.3 is 4.87 Å². The van der Waals surface area contributed by atoms with E-state index in [1.165, 1.54) is 16.7 Å². The number of thiazole rings is 1. The van der Waals surface area contributed by atoms with Crippen molar-refractivity contribution in [3.05, 3.63) is 27.6 Å². The summed E-state index contributed by atoms with van der Waals surface area (Å²) in [5, 5.41) is 0. The first-order valence-electron chi connectivity index (χ1n) is 4.15. The van der Waals surface area contributed by atoms with Crippen LogP contribution in [-0.2, 0) is 6.54 Å². The van der Waals surface area contributed by atoms with E-state index in [0.717, 1.165) is 11.3 Å². The van der Waals surface area contributed by atoms with Gasteiger partial charge in [-0.2, -0.15) is 0 Å². The number of aromatic nitrogens is 1. The minimum absolute atomic E-state index is 0.0195. The molecule has 0 atom stereocenters. The van der Waals surface area contributed by atoms with Gasteiger partial charge in [0.05, 0.1) is 22.4 Å². The van der Waals surface area contributed by atoms with Crippen LogP contribution >= 0.6 is 11.3 Å². The van der Waals surface area contributed by atoms with Gasteiger partial charge < -0.3 is 5.73 Å². The molecule has 15 heavy (non-hydrogen) atoms. The molecule has 0 spiro atoms. The maximum atomic E-state index is 13.1. The number of benzene rings is 1. The largest absolute Gasteiger partial charge is 0.396 e. The SMILES string of the molecule is C#CCn1c(=O)sc2cc(F)c(N)cc21. The molecule has 0 radical (unpaired) electrons. The fourth-order valence-electron chi connectivity index (χ4n) is 1.34. The van der Waals surface area contributed by atoms with Crippen molar-refractivity contribution in [2.45, 2.75) is 6.54 Å². The van der Waals surface area contributed by atoms with Crippen LogP contribution in [0.5, 0.6) is 0 Å². The first-order chi connectivity index (χ1) is 7.13. The summed E-state index contributed by atoms with van der Waals surface area (Å²) in [7, 11) is 0. The molecular formula is C10H7FN2OS. The van der Waals surface area contributed by atoms with Crippen molar-refractivity contribution in [3.63, 3.8) is 0 Å². The van der Waals surface area contributed by atoms with Gasteiger partial charge in [0.2, 0.25) is 0 Å². The highest BCUT2D eigenvalue weighted by atomic mass is 32.1. The molecule has 1 aromatic carbocycles. The molecule has 0 saturated heterocycles. The van der Waals surface area contributed by atoms with Crippen molar-refractivity contribution < 1.29 is 4.39 Å². The summed E-state index contributed by atoms with van der Waals surface area (Å²) in [5.74, 6) is 1.86. The fourth-order valence-corrected chi connectivity index (χ4v) is 2.24. The van der Waals surface area contributed by atoms with Crippen LogP contribution < -0.4 is 10.6 Å². The number of rotatable bonds is 1. The van der Waals surface area contributed by atoms with Crippen molar-refractivity contribution in [1.29, 1.82) is 0 Å². The Bertz CT molecular complexity index is 621. The third kappa shape index (κ3) is 1.49. The Kier molecular flexibility index (Phi) is 2.21. The predicted octanol–water partition coefficient (Wildman–Crippen LogP) is 1.42. The van der Waals surface area contributed by atoms with E-state index in [4.69, 9.17) is 12.2 Å². The molecule has 76 valence electrons. The van der Waals surface area contributed by atoms with Gasteiger partial charge in [0.15, 0.2) is 0 Å². The summed E-state index contributed by atoms with van der Waals surface area (Å²) in [6, 6.07) is 2.68. The van der Waals surface area contributed by atoms with Crippen molar-refractivity contribution in [2.24, 2.45) is 0 Å². The quantitative estimate of drug-likeness (QED) is 0.586. The summed E-state index contributed by atoms with van der Waals surface area (Å²) in [4.78, 5) is 11.3. The Morgan fingerprint density at radius 2 is 2.33 bits per heavy atom. The molecule has 0 aliphatic heterocycles. The highest BCUT2D eigenvalue weighted by molar-refractivity contribution is 7.16. The third-order valence-corrected chi connectivity index (χ3v) is 2.98. The molecule has 5 heteroatoms. The summed E-state index contributed by atoms with van der Waals surface area (Å²) >= 11 is 0.958. The lowest BCUT2D eigenvalue weighted by Gasteiger charge is -1.99. The number of halogens is 1. The Balaban J connectivity index is 2.83. The average Bonchev–Trinajstić information content (AvgIpc) is 2.46. The number of hydrogen-bond donors (Lipinski definition) is 1. The first kappa shape index (κ1) is 9.74. The van der Waals surface area contributed by atoms with Crippen LogP contribution in [-0.4, -0.2) is 4.57 Å². The lowest BCUT2D eigenvalue weighted by Crippen LogP contribution is -2.11. The predicted molar refractivity (Wildman–Crippen MR) is 59.3 cm³/mol. The Morgan fingerprint density at radius 3 is 3.00 bits per heavy atom. The molecule has 1 aromatic heterocycles. The molecule has 1 heterocycles. The highest BCUT2D eigenvalue weighted by Crippen LogP contribution is 2.22. The Morgan fingerprint density at radius 1 is 1.60 bits per heavy atom. The molecular weight excluding hydrogens is 215 g/mol. The van der Waals surface area contributed by atoms with Crippen LogP contribution in [0.25, 0.3) is 10.2 Å². The molecule has 0 aliphatic carbocycles. The van der Waals surface area contributed by atoms with Crippen molar-refractivity contribution >= 4 is 27.2 Å². The van der Waals surface area contributed by atoms with Crippen LogP contribution in [0.3, 0.4) is 0 Å². The zero-order valence-corrected chi connectivity index (χ0v) is 8.47. The zero-order valence-electron chi connectivity index (χ0n) is 7.66. The number of terminal acetylenes is 1. The van der Waals surface area contributed by atoms with Gasteiger partial charge in [-0.05, 0) is 12.1 Å². The molecule has 2 aromatic rings. The second kappa shape index (κ2) is 3.41. The third-order valence-electron chi connectivity index (χ3n) is 2.04. The Hall–Kier alpha value is -1.80. The van der Waals surface area contributed by atoms with Crippen molar-refractivity contribution in [2.75, 3.05) is 5.73 Å². The molecule has 0 aliphatic rings. The van der Waals surface area contributed by atoms with E-state index in [1.54, 1.807) is 0 Å². The summed E-state index contributed by atoms with van der Waals surface area (Å²) < 4.78 is 15.1. The van der Waals surface area contributed by atoms with E-state index in [-0.39, 0.29) is 17.1 Å². The van der Waals surface area contributed by atoms with Crippen LogP contribution in [0.2, 0.25) is 0 Å². The summed E-state index contributed by atoms with van der Waals surface area (Å²) in [5.41, 5.74) is 6.03. The molecule has 2 rings (SSSR count). The zero-order chi connectivity index (χ0) is 11.0. The number of hydrogen-bond acceptors (Lipinski definition) is 3. The van der Waals surface area contributed by atoms with Crippen LogP contribution in [0.15, 0.2) is 16.9 Å². The van der Waals surface area contributed by atoms with E-state index >= 15 is 0 Å². The standard InChI is InChI=1S/C10H7FN2OS/c1-2-3-13-8-5-7(12)6(11)4-9(8)15-10(13)14/h1,4-5H,3,12H2. The molecule has 0 unspecified atom stereocenters. The number of fused-ring (bicyclic) bond motifs is 1. The van der Waals surface area contributed by atoms with Gasteiger partial charge in [0, 0.05) is 0 Å². The number of nitrogens with zero attached hydrogens (tertiary/aromatic N) is 1. The monoisotopic (exact) mass is 222 g/mol. The first-order valence-corrected chi connectivity index (χ1v) is 4.97. The van der Waals surface area contributed by atoms with E-state index in [2.05, 4.69) is 5.92 Å². The maximum absolute atomic E-state index is 13.1. The van der Waals surface area contributed by atoms with Gasteiger partial charge in [-0.25, -0.2) is 4.39 Å². The molecule has 0 amide bonds. The Labute approximate surface area is 88.9 Å². The van der Waals surface area contributed by atoms with Gasteiger partial charge in [-0.15, -0.1) is 6.42 Å². The molecule has 2 N–H and O–H groups in total. The van der Waals surface area contributed by atoms with E-state index in [9.17, 15) is 9.18 Å². The van der Waals surface area contributed by atoms with Crippen LogP contribution in [0.4, 0.5) is 10.1 Å². The minimum atomic E-state index is -0.517. The minimum Gasteiger partial charge on any atom is -0.396 e. The topological polar surface area (TPSA) is 48.0 Å². The lowest BCUT2D eigenvalue weighted by atomic mass is 10.3. The molecule has 0 fully saturated rings. The second-order valence-electron chi connectivity index (χ2n) is 3.00. The fraction of sp³-hybridized carbons (Fsp3) is 0.100. The van der Waals surface area contributed by atoms with Gasteiger partial charge in [0.1, 0.15) is 5.82 Å². The van der Waals surface area contributed by atoms with Gasteiger partial charge in [0.25, 0.3) is 0 Å². The summed E-state index contributed by atoms with van der Waals surface area (Å²) in [6.45, 7) is 0.171. The lowest BCUT2D eigenvalue weighted by molar-refractivity contribution is 0.634. The van der Waals surface area contributed by atoms with E-state index in [1.807, 2.05) is 0 Å². The number of anilines is 1. The number of nitrogens with two attached hydrogens (primary N) is 1. The van der Waals surface area contributed by atoms with Crippen molar-refractivity contribution in [3.8, 4) is 12.3 Å². The van der Waals surface area contributed by atoms with Gasteiger partial charge in [-0.3, -0.25) is 9.36 Å². The smallest absolute Gasteiger partial charge is 0.309 e. The normalized spacial score (nSPS) is 10.4. The average molecular weight is 222 g/mol. The van der Waals surface area contributed by atoms with Gasteiger partial charge in [-0.1, -0.05) is 17.3 Å². The van der Waals surface area contributed by atoms with Crippen LogP contribution in [0, 0.1) is 18.2 Å². The van der Waals surface area contributed by atoms with Crippen molar-refractivity contribution in [1.82, 2.24) is 4.57 Å². The highest BCUT2D eigenvalue weighted by Gasteiger charge is 2.09. The molecule has 0 bridgehead atoms. The number of nitrogen functional groups attached to an aromatic ring is 1.